The van der Waals surface area contributed by atoms with Gasteiger partial charge in [-0.2, -0.15) is 0 Å². The van der Waals surface area contributed by atoms with Gasteiger partial charge in [0, 0.05) is 26.2 Å². The second-order valence-corrected chi connectivity index (χ2v) is 7.96. The van der Waals surface area contributed by atoms with Gasteiger partial charge in [0.05, 0.1) is 22.6 Å². The first-order valence-electron chi connectivity index (χ1n) is 8.53. The fourth-order valence-electron chi connectivity index (χ4n) is 3.07. The summed E-state index contributed by atoms with van der Waals surface area (Å²) in [5.74, 6) is 0.535. The van der Waals surface area contributed by atoms with Gasteiger partial charge in [-0.15, -0.1) is 0 Å². The molecule has 0 saturated carbocycles. The van der Waals surface area contributed by atoms with E-state index >= 15 is 0 Å². The van der Waals surface area contributed by atoms with E-state index in [2.05, 4.69) is 40.2 Å². The number of hydrogen-bond acceptors (Lipinski definition) is 8. The summed E-state index contributed by atoms with van der Waals surface area (Å²) in [6.07, 6.45) is 2.97. The van der Waals surface area contributed by atoms with Crippen LogP contribution in [0.2, 0.25) is 0 Å². The number of piperazine rings is 1. The molecule has 1 aliphatic rings. The summed E-state index contributed by atoms with van der Waals surface area (Å²) in [6, 6.07) is 5.05. The number of aromatic nitrogens is 4. The van der Waals surface area contributed by atoms with Crippen molar-refractivity contribution in [2.75, 3.05) is 43.4 Å². The number of sulfonamides is 1. The molecule has 1 fully saturated rings. The minimum absolute atomic E-state index is 0.182. The van der Waals surface area contributed by atoms with Crippen molar-refractivity contribution < 1.29 is 8.42 Å². The molecule has 11 heteroatoms. The maximum atomic E-state index is 12.3. The second kappa shape index (κ2) is 7.10. The van der Waals surface area contributed by atoms with Crippen LogP contribution in [-0.2, 0) is 10.0 Å². The molecule has 2 aromatic heterocycles. The predicted molar refractivity (Wildman–Crippen MR) is 103 cm³/mol. The first-order valence-corrected chi connectivity index (χ1v) is 10.0. The highest BCUT2D eigenvalue weighted by atomic mass is 32.2. The molecule has 4 N–H and O–H groups in total. The summed E-state index contributed by atoms with van der Waals surface area (Å²) in [5, 5.41) is 6.58. The number of imidazole rings is 1. The molecule has 0 unspecified atom stereocenters. The van der Waals surface area contributed by atoms with Gasteiger partial charge in [-0.05, 0) is 25.2 Å². The smallest absolute Gasteiger partial charge is 0.240 e. The summed E-state index contributed by atoms with van der Waals surface area (Å²) in [6.45, 7) is 3.40. The molecule has 1 aliphatic heterocycles. The van der Waals surface area contributed by atoms with Gasteiger partial charge in [-0.1, -0.05) is 0 Å². The van der Waals surface area contributed by atoms with Gasteiger partial charge in [-0.3, -0.25) is 0 Å². The third-order valence-corrected chi connectivity index (χ3v) is 5.89. The van der Waals surface area contributed by atoms with E-state index in [-0.39, 0.29) is 4.90 Å². The number of rotatable bonds is 5. The first kappa shape index (κ1) is 17.6. The van der Waals surface area contributed by atoms with E-state index in [1.54, 1.807) is 18.5 Å². The van der Waals surface area contributed by atoms with Crippen molar-refractivity contribution in [3.8, 4) is 0 Å². The Bertz CT molecular complexity index is 1060. The van der Waals surface area contributed by atoms with Crippen molar-refractivity contribution in [2.24, 2.45) is 0 Å². The fourth-order valence-corrected chi connectivity index (χ4v) is 3.83. The molecule has 142 valence electrons. The van der Waals surface area contributed by atoms with E-state index in [0.717, 1.165) is 31.9 Å². The van der Waals surface area contributed by atoms with Crippen LogP contribution >= 0.6 is 0 Å². The number of nitrogens with zero attached hydrogens (tertiary/aromatic N) is 4. The molecule has 27 heavy (non-hydrogen) atoms. The summed E-state index contributed by atoms with van der Waals surface area (Å²) in [4.78, 5) is 17.9. The van der Waals surface area contributed by atoms with Crippen LogP contribution in [0.1, 0.15) is 0 Å². The number of hydrogen-bond donors (Lipinski definition) is 4. The van der Waals surface area contributed by atoms with E-state index in [1.807, 2.05) is 6.07 Å². The van der Waals surface area contributed by atoms with Crippen LogP contribution in [-0.4, -0.2) is 61.6 Å². The number of aromatic amines is 1. The van der Waals surface area contributed by atoms with Crippen LogP contribution in [0, 0.1) is 0 Å². The maximum absolute atomic E-state index is 12.3. The fraction of sp³-hybridized carbons (Fsp3) is 0.312. The molecule has 10 nitrogen and oxygen atoms in total. The normalized spacial score (nSPS) is 15.2. The second-order valence-electron chi connectivity index (χ2n) is 6.07. The molecule has 0 bridgehead atoms. The minimum Gasteiger partial charge on any atom is -0.367 e. The van der Waals surface area contributed by atoms with Crippen molar-refractivity contribution in [2.45, 2.75) is 4.90 Å². The van der Waals surface area contributed by atoms with Crippen molar-refractivity contribution in [3.05, 3.63) is 30.9 Å². The highest BCUT2D eigenvalue weighted by Crippen LogP contribution is 2.32. The van der Waals surface area contributed by atoms with Gasteiger partial charge in [0.2, 0.25) is 10.0 Å². The molecular weight excluding hydrogens is 368 g/mol. The molecule has 3 heterocycles. The maximum Gasteiger partial charge on any atom is 0.240 e. The van der Waals surface area contributed by atoms with Gasteiger partial charge in [0.25, 0.3) is 0 Å². The molecule has 1 saturated heterocycles. The summed E-state index contributed by atoms with van der Waals surface area (Å²) in [5.41, 5.74) is 2.77. The molecule has 4 rings (SSSR count). The minimum atomic E-state index is -3.57. The van der Waals surface area contributed by atoms with Crippen molar-refractivity contribution in [1.82, 2.24) is 30.0 Å². The molecule has 0 amide bonds. The molecule has 0 spiro atoms. The first-order chi connectivity index (χ1) is 13.1. The topological polar surface area (TPSA) is 128 Å². The van der Waals surface area contributed by atoms with Gasteiger partial charge in [0.1, 0.15) is 11.8 Å². The Labute approximate surface area is 156 Å². The Morgan fingerprint density at radius 2 is 1.96 bits per heavy atom. The van der Waals surface area contributed by atoms with Gasteiger partial charge < -0.3 is 20.5 Å². The van der Waals surface area contributed by atoms with Crippen LogP contribution in [0.4, 0.5) is 17.2 Å². The van der Waals surface area contributed by atoms with Crippen LogP contribution in [0.5, 0.6) is 0 Å². The van der Waals surface area contributed by atoms with E-state index in [0.29, 0.717) is 22.7 Å². The van der Waals surface area contributed by atoms with Gasteiger partial charge in [-0.25, -0.2) is 28.1 Å². The van der Waals surface area contributed by atoms with E-state index in [4.69, 9.17) is 0 Å². The predicted octanol–water partition coefficient (Wildman–Crippen LogP) is 0.414. The Kier molecular flexibility index (Phi) is 4.64. The SMILES string of the molecule is CNS(=O)(=O)c1ccc(N2CCNCC2)c(Nc2ncnc3nc[nH]c23)c1. The Morgan fingerprint density at radius 1 is 1.15 bits per heavy atom. The zero-order valence-electron chi connectivity index (χ0n) is 14.7. The Morgan fingerprint density at radius 3 is 2.74 bits per heavy atom. The lowest BCUT2D eigenvalue weighted by atomic mass is 10.2. The zero-order chi connectivity index (χ0) is 18.9. The monoisotopic (exact) mass is 388 g/mol. The van der Waals surface area contributed by atoms with Crippen LogP contribution in [0.25, 0.3) is 11.2 Å². The number of H-pyrrole nitrogens is 1. The van der Waals surface area contributed by atoms with E-state index in [1.165, 1.54) is 13.4 Å². The molecule has 1 aromatic carbocycles. The molecule has 0 radical (unpaired) electrons. The highest BCUT2D eigenvalue weighted by Gasteiger charge is 2.19. The van der Waals surface area contributed by atoms with Crippen molar-refractivity contribution in [3.63, 3.8) is 0 Å². The van der Waals surface area contributed by atoms with Gasteiger partial charge in [0.15, 0.2) is 11.5 Å². The average molecular weight is 388 g/mol. The summed E-state index contributed by atoms with van der Waals surface area (Å²) in [7, 11) is -2.17. The Balaban J connectivity index is 1.79. The van der Waals surface area contributed by atoms with E-state index < -0.39 is 10.0 Å². The number of nitrogens with one attached hydrogen (secondary N) is 4. The quantitative estimate of drug-likeness (QED) is 0.495. The average Bonchev–Trinajstić information content (AvgIpc) is 3.18. The third kappa shape index (κ3) is 3.44. The van der Waals surface area contributed by atoms with Crippen molar-refractivity contribution in [1.29, 1.82) is 0 Å². The lowest BCUT2D eigenvalue weighted by Crippen LogP contribution is -2.43. The molecule has 0 atom stereocenters. The largest absolute Gasteiger partial charge is 0.367 e. The van der Waals surface area contributed by atoms with Gasteiger partial charge >= 0.3 is 0 Å². The number of benzene rings is 1. The lowest BCUT2D eigenvalue weighted by Gasteiger charge is -2.31. The Hall–Kier alpha value is -2.76. The zero-order valence-corrected chi connectivity index (χ0v) is 15.5. The standard InChI is InChI=1S/C16H20N8O2S/c1-17-27(25,26)11-2-3-13(24-6-4-18-5-7-24)12(8-11)23-16-14-15(20-9-19-14)21-10-22-16/h2-3,8-10,17-18H,4-7H2,1H3,(H2,19,20,21,22,23). The van der Waals surface area contributed by atoms with Crippen LogP contribution < -0.4 is 20.3 Å². The third-order valence-electron chi connectivity index (χ3n) is 4.48. The molecular formula is C16H20N8O2S. The molecule has 3 aromatic rings. The lowest BCUT2D eigenvalue weighted by molar-refractivity contribution is 0.586. The number of anilines is 3. The summed E-state index contributed by atoms with van der Waals surface area (Å²) < 4.78 is 26.9. The van der Waals surface area contributed by atoms with Crippen LogP contribution in [0.3, 0.4) is 0 Å². The number of fused-ring (bicyclic) bond motifs is 1. The van der Waals surface area contributed by atoms with Crippen LogP contribution in [0.15, 0.2) is 35.7 Å². The van der Waals surface area contributed by atoms with E-state index in [9.17, 15) is 8.42 Å². The highest BCUT2D eigenvalue weighted by molar-refractivity contribution is 7.89. The van der Waals surface area contributed by atoms with Crippen molar-refractivity contribution >= 4 is 38.4 Å². The summed E-state index contributed by atoms with van der Waals surface area (Å²) >= 11 is 0. The molecule has 0 aliphatic carbocycles.